The monoisotopic (exact) mass is 260 g/mol. The first kappa shape index (κ1) is 12.6. The number of pyridine rings is 1. The van der Waals surface area contributed by atoms with Crippen LogP contribution < -0.4 is 4.74 Å². The Bertz CT molecular complexity index is 640. The molecule has 0 saturated heterocycles. The average molecular weight is 260 g/mol. The summed E-state index contributed by atoms with van der Waals surface area (Å²) in [6.45, 7) is 0. The van der Waals surface area contributed by atoms with Crippen LogP contribution in [0.25, 0.3) is 0 Å². The summed E-state index contributed by atoms with van der Waals surface area (Å²) in [5.41, 5.74) is 0.166. The molecule has 19 heavy (non-hydrogen) atoms. The number of nitrogens with zero attached hydrogens (tertiary/aromatic N) is 2. The molecule has 0 aliphatic heterocycles. The van der Waals surface area contributed by atoms with Crippen molar-refractivity contribution in [2.45, 2.75) is 0 Å². The number of halogens is 2. The van der Waals surface area contributed by atoms with E-state index in [4.69, 9.17) is 10.00 Å². The van der Waals surface area contributed by atoms with Crippen LogP contribution in [-0.2, 0) is 0 Å². The third kappa shape index (κ3) is 2.72. The van der Waals surface area contributed by atoms with Crippen molar-refractivity contribution >= 4 is 6.29 Å². The zero-order valence-corrected chi connectivity index (χ0v) is 9.43. The van der Waals surface area contributed by atoms with Gasteiger partial charge in [0.1, 0.15) is 12.4 Å². The van der Waals surface area contributed by atoms with Crippen LogP contribution in [0.2, 0.25) is 0 Å². The highest BCUT2D eigenvalue weighted by Crippen LogP contribution is 2.27. The number of nitriles is 1. The van der Waals surface area contributed by atoms with Crippen molar-refractivity contribution in [3.05, 3.63) is 53.2 Å². The Kier molecular flexibility index (Phi) is 3.48. The molecule has 0 radical (unpaired) electrons. The van der Waals surface area contributed by atoms with Gasteiger partial charge in [0, 0.05) is 17.8 Å². The number of carbonyl (C=O) groups excluding carboxylic acids is 1. The zero-order valence-electron chi connectivity index (χ0n) is 9.43. The fraction of sp³-hybridized carbons (Fsp3) is 0. The minimum absolute atomic E-state index is 0.0596. The van der Waals surface area contributed by atoms with Gasteiger partial charge in [-0.1, -0.05) is 0 Å². The number of carbonyl (C=O) groups is 1. The molecule has 4 nitrogen and oxygen atoms in total. The van der Waals surface area contributed by atoms with Gasteiger partial charge in [-0.05, 0) is 18.2 Å². The van der Waals surface area contributed by atoms with E-state index in [1.54, 1.807) is 0 Å². The van der Waals surface area contributed by atoms with Gasteiger partial charge in [0.25, 0.3) is 0 Å². The van der Waals surface area contributed by atoms with Gasteiger partial charge in [-0.3, -0.25) is 4.79 Å². The molecule has 0 fully saturated rings. The zero-order chi connectivity index (χ0) is 13.8. The molecule has 0 aliphatic rings. The Hall–Kier alpha value is -2.81. The van der Waals surface area contributed by atoms with E-state index in [1.165, 1.54) is 18.3 Å². The average Bonchev–Trinajstić information content (AvgIpc) is 2.43. The van der Waals surface area contributed by atoms with Gasteiger partial charge in [-0.25, -0.2) is 13.8 Å². The van der Waals surface area contributed by atoms with Gasteiger partial charge in [0.2, 0.25) is 11.6 Å². The lowest BCUT2D eigenvalue weighted by atomic mass is 10.2. The fourth-order valence-electron chi connectivity index (χ4n) is 1.36. The third-order valence-electron chi connectivity index (χ3n) is 2.23. The summed E-state index contributed by atoms with van der Waals surface area (Å²) in [6, 6.07) is 6.27. The summed E-state index contributed by atoms with van der Waals surface area (Å²) in [7, 11) is 0. The molecule has 0 unspecified atom stereocenters. The summed E-state index contributed by atoms with van der Waals surface area (Å²) < 4.78 is 32.0. The molecule has 1 aromatic heterocycles. The van der Waals surface area contributed by atoms with Crippen molar-refractivity contribution in [3.8, 4) is 17.7 Å². The van der Waals surface area contributed by atoms with Crippen molar-refractivity contribution in [3.63, 3.8) is 0 Å². The number of ether oxygens (including phenoxy) is 1. The molecule has 0 spiro atoms. The first-order chi connectivity index (χ1) is 9.13. The SMILES string of the molecule is N#Cc1ccc(Oc2c(F)cc(C=O)cc2F)nc1. The van der Waals surface area contributed by atoms with Crippen molar-refractivity contribution < 1.29 is 18.3 Å². The van der Waals surface area contributed by atoms with Crippen LogP contribution in [0, 0.1) is 23.0 Å². The van der Waals surface area contributed by atoms with E-state index in [-0.39, 0.29) is 11.4 Å². The Balaban J connectivity index is 2.32. The van der Waals surface area contributed by atoms with Crippen LogP contribution in [-0.4, -0.2) is 11.3 Å². The molecule has 1 aromatic carbocycles. The lowest BCUT2D eigenvalue weighted by molar-refractivity contribution is 0.112. The van der Waals surface area contributed by atoms with Crippen molar-refractivity contribution in [2.75, 3.05) is 0 Å². The maximum atomic E-state index is 13.5. The second-order valence-electron chi connectivity index (χ2n) is 3.53. The van der Waals surface area contributed by atoms with Gasteiger partial charge in [0.15, 0.2) is 11.6 Å². The maximum absolute atomic E-state index is 13.5. The Morgan fingerprint density at radius 3 is 2.42 bits per heavy atom. The van der Waals surface area contributed by atoms with Crippen molar-refractivity contribution in [1.82, 2.24) is 4.98 Å². The van der Waals surface area contributed by atoms with Gasteiger partial charge in [0.05, 0.1) is 5.56 Å². The standard InChI is InChI=1S/C13H6F2N2O2/c14-10-3-9(7-18)4-11(15)13(10)19-12-2-1-8(5-16)6-17-12/h1-4,6-7H. The third-order valence-corrected chi connectivity index (χ3v) is 2.23. The molecule has 0 N–H and O–H groups in total. The second kappa shape index (κ2) is 5.23. The van der Waals surface area contributed by atoms with Gasteiger partial charge in [-0.2, -0.15) is 5.26 Å². The van der Waals surface area contributed by atoms with Crippen molar-refractivity contribution in [2.24, 2.45) is 0 Å². The second-order valence-corrected chi connectivity index (χ2v) is 3.53. The van der Waals surface area contributed by atoms with Crippen LogP contribution in [0.5, 0.6) is 11.6 Å². The molecule has 0 amide bonds. The lowest BCUT2D eigenvalue weighted by Gasteiger charge is -2.07. The smallest absolute Gasteiger partial charge is 0.219 e. The number of aldehydes is 1. The van der Waals surface area contributed by atoms with E-state index in [0.717, 1.165) is 12.1 Å². The highest BCUT2D eigenvalue weighted by Gasteiger charge is 2.14. The van der Waals surface area contributed by atoms with Crippen LogP contribution >= 0.6 is 0 Å². The predicted octanol–water partition coefficient (Wildman–Crippen LogP) is 2.84. The Morgan fingerprint density at radius 2 is 1.95 bits per heavy atom. The van der Waals surface area contributed by atoms with E-state index >= 15 is 0 Å². The van der Waals surface area contributed by atoms with E-state index < -0.39 is 17.4 Å². The molecule has 0 saturated carbocycles. The molecule has 0 aliphatic carbocycles. The van der Waals surface area contributed by atoms with Gasteiger partial charge < -0.3 is 4.74 Å². The van der Waals surface area contributed by atoms with Crippen LogP contribution in [0.1, 0.15) is 15.9 Å². The quantitative estimate of drug-likeness (QED) is 0.796. The molecular weight excluding hydrogens is 254 g/mol. The Morgan fingerprint density at radius 1 is 1.26 bits per heavy atom. The maximum Gasteiger partial charge on any atom is 0.219 e. The predicted molar refractivity (Wildman–Crippen MR) is 60.8 cm³/mol. The number of rotatable bonds is 3. The molecule has 6 heteroatoms. The van der Waals surface area contributed by atoms with Gasteiger partial charge >= 0.3 is 0 Å². The molecular formula is C13H6F2N2O2. The fourth-order valence-corrected chi connectivity index (χ4v) is 1.36. The lowest BCUT2D eigenvalue weighted by Crippen LogP contribution is -1.96. The molecule has 1 heterocycles. The van der Waals surface area contributed by atoms with Crippen LogP contribution in [0.3, 0.4) is 0 Å². The highest BCUT2D eigenvalue weighted by atomic mass is 19.1. The Labute approximate surface area is 106 Å². The summed E-state index contributed by atoms with van der Waals surface area (Å²) in [4.78, 5) is 14.2. The summed E-state index contributed by atoms with van der Waals surface area (Å²) in [5.74, 6) is -2.72. The van der Waals surface area contributed by atoms with Crippen LogP contribution in [0.4, 0.5) is 8.78 Å². The number of hydrogen-bond acceptors (Lipinski definition) is 4. The van der Waals surface area contributed by atoms with Crippen molar-refractivity contribution in [1.29, 1.82) is 5.26 Å². The molecule has 94 valence electrons. The summed E-state index contributed by atoms with van der Waals surface area (Å²) >= 11 is 0. The summed E-state index contributed by atoms with van der Waals surface area (Å²) in [6.07, 6.45) is 1.54. The highest BCUT2D eigenvalue weighted by molar-refractivity contribution is 5.75. The van der Waals surface area contributed by atoms with E-state index in [2.05, 4.69) is 4.98 Å². The molecule has 0 atom stereocenters. The van der Waals surface area contributed by atoms with E-state index in [9.17, 15) is 13.6 Å². The minimum atomic E-state index is -1.01. The van der Waals surface area contributed by atoms with Gasteiger partial charge in [-0.15, -0.1) is 0 Å². The van der Waals surface area contributed by atoms with E-state index in [0.29, 0.717) is 11.8 Å². The minimum Gasteiger partial charge on any atom is -0.433 e. The number of benzene rings is 1. The number of hydrogen-bond donors (Lipinski definition) is 0. The molecule has 2 rings (SSSR count). The molecule has 0 bridgehead atoms. The normalized spacial score (nSPS) is 9.74. The van der Waals surface area contributed by atoms with Crippen LogP contribution in [0.15, 0.2) is 30.5 Å². The first-order valence-electron chi connectivity index (χ1n) is 5.12. The molecule has 2 aromatic rings. The van der Waals surface area contributed by atoms with E-state index in [1.807, 2.05) is 6.07 Å². The first-order valence-corrected chi connectivity index (χ1v) is 5.12. The topological polar surface area (TPSA) is 63.0 Å². The summed E-state index contributed by atoms with van der Waals surface area (Å²) in [5, 5.41) is 8.58. The largest absolute Gasteiger partial charge is 0.433 e. The number of aromatic nitrogens is 1.